The molecular formula is C13H18BrNO4. The predicted octanol–water partition coefficient (Wildman–Crippen LogP) is 2.23. The lowest BCUT2D eigenvalue weighted by Gasteiger charge is -2.12. The first-order valence-corrected chi connectivity index (χ1v) is 6.62. The van der Waals surface area contributed by atoms with E-state index >= 15 is 0 Å². The Balaban J connectivity index is 2.85. The molecule has 1 rings (SSSR count). The molecule has 0 bridgehead atoms. The van der Waals surface area contributed by atoms with E-state index in [-0.39, 0.29) is 5.91 Å². The molecule has 0 heterocycles. The second-order valence-corrected chi connectivity index (χ2v) is 4.65. The summed E-state index contributed by atoms with van der Waals surface area (Å²) in [5.74, 6) is 0.882. The number of carbonyl (C=O) groups excluding carboxylic acids is 1. The van der Waals surface area contributed by atoms with Gasteiger partial charge in [-0.1, -0.05) is 0 Å². The molecule has 5 nitrogen and oxygen atoms in total. The van der Waals surface area contributed by atoms with Gasteiger partial charge in [0.05, 0.1) is 24.3 Å². The summed E-state index contributed by atoms with van der Waals surface area (Å²) in [6, 6.07) is 3.40. The van der Waals surface area contributed by atoms with Gasteiger partial charge in [0.2, 0.25) is 0 Å². The zero-order chi connectivity index (χ0) is 14.3. The standard InChI is InChI=1S/C13H18BrNO4/c1-17-6-4-5-15-13(16)10-7-9(18-2)8-11(14)12(10)19-3/h7-8H,4-6H2,1-3H3,(H,15,16). The van der Waals surface area contributed by atoms with Crippen LogP contribution >= 0.6 is 15.9 Å². The van der Waals surface area contributed by atoms with Crippen molar-refractivity contribution in [3.8, 4) is 11.5 Å². The number of carbonyl (C=O) groups is 1. The van der Waals surface area contributed by atoms with E-state index in [0.29, 0.717) is 34.7 Å². The highest BCUT2D eigenvalue weighted by molar-refractivity contribution is 9.10. The van der Waals surface area contributed by atoms with Gasteiger partial charge in [-0.3, -0.25) is 4.79 Å². The van der Waals surface area contributed by atoms with Gasteiger partial charge >= 0.3 is 0 Å². The number of ether oxygens (including phenoxy) is 3. The molecule has 1 aromatic carbocycles. The summed E-state index contributed by atoms with van der Waals surface area (Å²) < 4.78 is 16.0. The van der Waals surface area contributed by atoms with Crippen LogP contribution in [0.4, 0.5) is 0 Å². The molecule has 0 saturated heterocycles. The molecule has 1 amide bonds. The minimum Gasteiger partial charge on any atom is -0.497 e. The molecule has 0 spiro atoms. The molecule has 1 N–H and O–H groups in total. The molecule has 19 heavy (non-hydrogen) atoms. The Morgan fingerprint density at radius 3 is 2.58 bits per heavy atom. The summed E-state index contributed by atoms with van der Waals surface area (Å²) in [5, 5.41) is 2.81. The van der Waals surface area contributed by atoms with Crippen molar-refractivity contribution in [2.24, 2.45) is 0 Å². The first-order valence-electron chi connectivity index (χ1n) is 5.82. The van der Waals surface area contributed by atoms with Crippen LogP contribution in [0.15, 0.2) is 16.6 Å². The van der Waals surface area contributed by atoms with Crippen LogP contribution in [-0.2, 0) is 4.74 Å². The van der Waals surface area contributed by atoms with Gasteiger partial charge in [-0.15, -0.1) is 0 Å². The number of nitrogens with one attached hydrogen (secondary N) is 1. The number of methoxy groups -OCH3 is 3. The number of hydrogen-bond acceptors (Lipinski definition) is 4. The normalized spacial score (nSPS) is 10.1. The van der Waals surface area contributed by atoms with E-state index in [9.17, 15) is 4.79 Å². The molecule has 0 saturated carbocycles. The van der Waals surface area contributed by atoms with E-state index < -0.39 is 0 Å². The van der Waals surface area contributed by atoms with Gasteiger partial charge in [-0.05, 0) is 34.5 Å². The van der Waals surface area contributed by atoms with Gasteiger partial charge in [-0.25, -0.2) is 0 Å². The quantitative estimate of drug-likeness (QED) is 0.778. The molecule has 6 heteroatoms. The first kappa shape index (κ1) is 15.8. The highest BCUT2D eigenvalue weighted by Crippen LogP contribution is 2.33. The van der Waals surface area contributed by atoms with E-state index in [1.807, 2.05) is 0 Å². The van der Waals surface area contributed by atoms with Crippen molar-refractivity contribution >= 4 is 21.8 Å². The van der Waals surface area contributed by atoms with Crippen molar-refractivity contribution in [2.75, 3.05) is 34.5 Å². The van der Waals surface area contributed by atoms with Crippen LogP contribution < -0.4 is 14.8 Å². The fraction of sp³-hybridized carbons (Fsp3) is 0.462. The number of hydrogen-bond donors (Lipinski definition) is 1. The zero-order valence-electron chi connectivity index (χ0n) is 11.3. The molecule has 0 unspecified atom stereocenters. The monoisotopic (exact) mass is 331 g/mol. The number of benzene rings is 1. The summed E-state index contributed by atoms with van der Waals surface area (Å²) in [6.07, 6.45) is 0.760. The molecule has 1 aromatic rings. The third-order valence-corrected chi connectivity index (χ3v) is 3.10. The van der Waals surface area contributed by atoms with E-state index in [1.165, 1.54) is 7.11 Å². The van der Waals surface area contributed by atoms with E-state index in [4.69, 9.17) is 14.2 Å². The maximum Gasteiger partial charge on any atom is 0.255 e. The van der Waals surface area contributed by atoms with E-state index in [0.717, 1.165) is 6.42 Å². The summed E-state index contributed by atoms with van der Waals surface area (Å²) in [6.45, 7) is 1.16. The predicted molar refractivity (Wildman–Crippen MR) is 76.1 cm³/mol. The van der Waals surface area contributed by atoms with E-state index in [1.54, 1.807) is 26.4 Å². The Labute approximate surface area is 121 Å². The van der Waals surface area contributed by atoms with Crippen LogP contribution in [0, 0.1) is 0 Å². The lowest BCUT2D eigenvalue weighted by molar-refractivity contribution is 0.0945. The largest absolute Gasteiger partial charge is 0.497 e. The number of halogens is 1. The van der Waals surface area contributed by atoms with Gasteiger partial charge in [0.1, 0.15) is 11.5 Å². The minimum absolute atomic E-state index is 0.201. The molecule has 0 aliphatic heterocycles. The number of amides is 1. The molecular weight excluding hydrogens is 314 g/mol. The van der Waals surface area contributed by atoms with Gasteiger partial charge in [0, 0.05) is 20.3 Å². The van der Waals surface area contributed by atoms with Crippen molar-refractivity contribution < 1.29 is 19.0 Å². The Kier molecular flexibility index (Phi) is 6.66. The molecule has 0 radical (unpaired) electrons. The smallest absolute Gasteiger partial charge is 0.255 e. The molecule has 0 aliphatic carbocycles. The van der Waals surface area contributed by atoms with Crippen molar-refractivity contribution in [3.05, 3.63) is 22.2 Å². The molecule has 0 atom stereocenters. The lowest BCUT2D eigenvalue weighted by atomic mass is 10.1. The van der Waals surface area contributed by atoms with Gasteiger partial charge in [0.25, 0.3) is 5.91 Å². The highest BCUT2D eigenvalue weighted by atomic mass is 79.9. The van der Waals surface area contributed by atoms with Gasteiger partial charge < -0.3 is 19.5 Å². The van der Waals surface area contributed by atoms with Crippen molar-refractivity contribution in [3.63, 3.8) is 0 Å². The summed E-state index contributed by atoms with van der Waals surface area (Å²) in [5.41, 5.74) is 0.436. The zero-order valence-corrected chi connectivity index (χ0v) is 12.9. The average molecular weight is 332 g/mol. The topological polar surface area (TPSA) is 56.8 Å². The van der Waals surface area contributed by atoms with Crippen LogP contribution in [0.25, 0.3) is 0 Å². The van der Waals surface area contributed by atoms with Crippen LogP contribution in [0.1, 0.15) is 16.8 Å². The fourth-order valence-electron chi connectivity index (χ4n) is 1.58. The lowest BCUT2D eigenvalue weighted by Crippen LogP contribution is -2.25. The Hall–Kier alpha value is -1.27. The van der Waals surface area contributed by atoms with E-state index in [2.05, 4.69) is 21.2 Å². The molecule has 0 aliphatic rings. The van der Waals surface area contributed by atoms with Crippen molar-refractivity contribution in [2.45, 2.75) is 6.42 Å². The molecule has 0 fully saturated rings. The Bertz CT molecular complexity index is 437. The average Bonchev–Trinajstić information content (AvgIpc) is 2.42. The van der Waals surface area contributed by atoms with Gasteiger partial charge in [0.15, 0.2) is 0 Å². The van der Waals surface area contributed by atoms with Crippen molar-refractivity contribution in [1.29, 1.82) is 0 Å². The molecule has 106 valence electrons. The first-order chi connectivity index (χ1) is 9.13. The second-order valence-electron chi connectivity index (χ2n) is 3.79. The fourth-order valence-corrected chi connectivity index (χ4v) is 2.18. The van der Waals surface area contributed by atoms with Crippen LogP contribution in [0.2, 0.25) is 0 Å². The maximum absolute atomic E-state index is 12.1. The highest BCUT2D eigenvalue weighted by Gasteiger charge is 2.16. The summed E-state index contributed by atoms with van der Waals surface area (Å²) >= 11 is 3.36. The van der Waals surface area contributed by atoms with Crippen LogP contribution in [-0.4, -0.2) is 40.4 Å². The van der Waals surface area contributed by atoms with Gasteiger partial charge in [-0.2, -0.15) is 0 Å². The summed E-state index contributed by atoms with van der Waals surface area (Å²) in [4.78, 5) is 12.1. The molecule has 0 aromatic heterocycles. The Morgan fingerprint density at radius 2 is 2.00 bits per heavy atom. The second kappa shape index (κ2) is 8.01. The number of rotatable bonds is 7. The van der Waals surface area contributed by atoms with Crippen LogP contribution in [0.3, 0.4) is 0 Å². The maximum atomic E-state index is 12.1. The third kappa shape index (κ3) is 4.40. The Morgan fingerprint density at radius 1 is 1.26 bits per heavy atom. The SMILES string of the molecule is COCCCNC(=O)c1cc(OC)cc(Br)c1OC. The minimum atomic E-state index is -0.201. The van der Waals surface area contributed by atoms with Crippen molar-refractivity contribution in [1.82, 2.24) is 5.32 Å². The third-order valence-electron chi connectivity index (χ3n) is 2.51. The summed E-state index contributed by atoms with van der Waals surface area (Å²) in [7, 11) is 4.70. The van der Waals surface area contributed by atoms with Crippen LogP contribution in [0.5, 0.6) is 11.5 Å².